The van der Waals surface area contributed by atoms with Gasteiger partial charge >= 0.3 is 0 Å². The minimum atomic E-state index is 0.0665. The lowest BCUT2D eigenvalue weighted by Crippen LogP contribution is -2.41. The Morgan fingerprint density at radius 2 is 1.70 bits per heavy atom. The minimum Gasteiger partial charge on any atom is -0.385 e. The first-order valence-corrected chi connectivity index (χ1v) is 7.23. The van der Waals surface area contributed by atoms with E-state index in [0.29, 0.717) is 6.61 Å². The molecule has 0 fully saturated rings. The molecule has 0 aliphatic heterocycles. The molecule has 114 valence electrons. The van der Waals surface area contributed by atoms with E-state index in [4.69, 9.17) is 15.2 Å². The number of nitrogens with two attached hydrogens (primary N) is 1. The zero-order chi connectivity index (χ0) is 14.8. The molecule has 0 radical (unpaired) electrons. The van der Waals surface area contributed by atoms with E-state index in [0.717, 1.165) is 26.1 Å². The van der Waals surface area contributed by atoms with Gasteiger partial charge in [-0.05, 0) is 18.9 Å². The van der Waals surface area contributed by atoms with E-state index in [-0.39, 0.29) is 12.1 Å². The van der Waals surface area contributed by atoms with Crippen LogP contribution in [0.4, 0.5) is 0 Å². The summed E-state index contributed by atoms with van der Waals surface area (Å²) in [6.07, 6.45) is 0.996. The van der Waals surface area contributed by atoms with Crippen LogP contribution in [0.3, 0.4) is 0 Å². The summed E-state index contributed by atoms with van der Waals surface area (Å²) in [6, 6.07) is 10.7. The molecule has 2 N–H and O–H groups in total. The van der Waals surface area contributed by atoms with Crippen molar-refractivity contribution in [3.8, 4) is 0 Å². The molecule has 0 bridgehead atoms. The van der Waals surface area contributed by atoms with Crippen molar-refractivity contribution in [1.29, 1.82) is 0 Å². The van der Waals surface area contributed by atoms with Gasteiger partial charge < -0.3 is 15.2 Å². The van der Waals surface area contributed by atoms with Crippen LogP contribution in [-0.2, 0) is 9.47 Å². The lowest BCUT2D eigenvalue weighted by Gasteiger charge is -2.34. The maximum atomic E-state index is 6.23. The number of nitrogens with zero attached hydrogens (tertiary/aromatic N) is 1. The molecule has 0 spiro atoms. The van der Waals surface area contributed by atoms with Crippen LogP contribution in [0, 0.1) is 0 Å². The summed E-state index contributed by atoms with van der Waals surface area (Å²) in [5.74, 6) is 0. The summed E-state index contributed by atoms with van der Waals surface area (Å²) in [7, 11) is 3.47. The third-order valence-corrected chi connectivity index (χ3v) is 3.41. The Labute approximate surface area is 122 Å². The molecule has 0 aliphatic rings. The Morgan fingerprint density at radius 3 is 2.25 bits per heavy atom. The molecular weight excluding hydrogens is 252 g/mol. The SMILES string of the molecule is COCCCN(CCOC)C(c1ccccc1)C(C)N. The van der Waals surface area contributed by atoms with E-state index in [1.165, 1.54) is 5.56 Å². The number of ether oxygens (including phenoxy) is 2. The maximum absolute atomic E-state index is 6.23. The number of methoxy groups -OCH3 is 2. The molecule has 4 nitrogen and oxygen atoms in total. The normalized spacial score (nSPS) is 14.4. The van der Waals surface area contributed by atoms with Gasteiger partial charge in [0.1, 0.15) is 0 Å². The molecule has 0 saturated heterocycles. The number of hydrogen-bond donors (Lipinski definition) is 1. The largest absolute Gasteiger partial charge is 0.385 e. The monoisotopic (exact) mass is 280 g/mol. The Balaban J connectivity index is 2.80. The van der Waals surface area contributed by atoms with E-state index >= 15 is 0 Å². The lowest BCUT2D eigenvalue weighted by molar-refractivity contribution is 0.0981. The summed E-state index contributed by atoms with van der Waals surface area (Å²) < 4.78 is 10.4. The fourth-order valence-corrected chi connectivity index (χ4v) is 2.51. The van der Waals surface area contributed by atoms with Crippen molar-refractivity contribution in [2.24, 2.45) is 5.73 Å². The molecule has 2 atom stereocenters. The number of hydrogen-bond acceptors (Lipinski definition) is 4. The summed E-state index contributed by atoms with van der Waals surface area (Å²) in [4.78, 5) is 2.39. The average Bonchev–Trinajstić information content (AvgIpc) is 2.45. The smallest absolute Gasteiger partial charge is 0.0589 e. The molecule has 4 heteroatoms. The van der Waals surface area contributed by atoms with E-state index in [2.05, 4.69) is 36.1 Å². The zero-order valence-corrected chi connectivity index (χ0v) is 12.9. The fraction of sp³-hybridized carbons (Fsp3) is 0.625. The minimum absolute atomic E-state index is 0.0665. The van der Waals surface area contributed by atoms with E-state index in [1.807, 2.05) is 6.07 Å². The van der Waals surface area contributed by atoms with Crippen LogP contribution in [0.2, 0.25) is 0 Å². The molecular formula is C16H28N2O2. The summed E-state index contributed by atoms with van der Waals surface area (Å²) in [5.41, 5.74) is 7.49. The maximum Gasteiger partial charge on any atom is 0.0589 e. The fourth-order valence-electron chi connectivity index (χ4n) is 2.51. The highest BCUT2D eigenvalue weighted by Crippen LogP contribution is 2.23. The topological polar surface area (TPSA) is 47.7 Å². The highest BCUT2D eigenvalue weighted by Gasteiger charge is 2.23. The predicted molar refractivity (Wildman–Crippen MR) is 82.8 cm³/mol. The van der Waals surface area contributed by atoms with Crippen LogP contribution in [0.5, 0.6) is 0 Å². The predicted octanol–water partition coefficient (Wildman–Crippen LogP) is 2.06. The standard InChI is InChI=1S/C16H28N2O2/c1-14(17)16(15-8-5-4-6-9-15)18(11-13-20-3)10-7-12-19-2/h4-6,8-9,14,16H,7,10-13,17H2,1-3H3. The second-order valence-electron chi connectivity index (χ2n) is 5.09. The van der Waals surface area contributed by atoms with Gasteiger partial charge in [0.2, 0.25) is 0 Å². The molecule has 0 amide bonds. The van der Waals surface area contributed by atoms with Crippen LogP contribution >= 0.6 is 0 Å². The van der Waals surface area contributed by atoms with Gasteiger partial charge in [0.25, 0.3) is 0 Å². The second kappa shape index (κ2) is 9.88. The number of rotatable bonds is 10. The van der Waals surface area contributed by atoms with Crippen molar-refractivity contribution < 1.29 is 9.47 Å². The number of benzene rings is 1. The Morgan fingerprint density at radius 1 is 1.05 bits per heavy atom. The van der Waals surface area contributed by atoms with Crippen LogP contribution < -0.4 is 5.73 Å². The van der Waals surface area contributed by atoms with Crippen LogP contribution in [-0.4, -0.2) is 51.5 Å². The third kappa shape index (κ3) is 5.59. The van der Waals surface area contributed by atoms with Crippen molar-refractivity contribution in [2.45, 2.75) is 25.4 Å². The molecule has 0 aromatic heterocycles. The third-order valence-electron chi connectivity index (χ3n) is 3.41. The Bertz CT molecular complexity index is 344. The van der Waals surface area contributed by atoms with E-state index < -0.39 is 0 Å². The van der Waals surface area contributed by atoms with E-state index in [1.54, 1.807) is 14.2 Å². The van der Waals surface area contributed by atoms with Crippen molar-refractivity contribution in [1.82, 2.24) is 4.90 Å². The van der Waals surface area contributed by atoms with Gasteiger partial charge in [0.05, 0.1) is 6.61 Å². The lowest BCUT2D eigenvalue weighted by atomic mass is 9.99. The summed E-state index contributed by atoms with van der Waals surface area (Å²) >= 11 is 0. The van der Waals surface area contributed by atoms with Gasteiger partial charge in [-0.15, -0.1) is 0 Å². The first kappa shape index (κ1) is 17.1. The summed E-state index contributed by atoms with van der Waals surface area (Å²) in [5, 5.41) is 0. The molecule has 1 rings (SSSR count). The van der Waals surface area contributed by atoms with Gasteiger partial charge in [-0.3, -0.25) is 4.90 Å². The first-order chi connectivity index (χ1) is 9.70. The molecule has 0 heterocycles. The molecule has 2 unspecified atom stereocenters. The van der Waals surface area contributed by atoms with Crippen molar-refractivity contribution in [3.63, 3.8) is 0 Å². The van der Waals surface area contributed by atoms with Crippen molar-refractivity contribution >= 4 is 0 Å². The van der Waals surface area contributed by atoms with Gasteiger partial charge in [0, 0.05) is 46.0 Å². The van der Waals surface area contributed by atoms with Crippen molar-refractivity contribution in [3.05, 3.63) is 35.9 Å². The van der Waals surface area contributed by atoms with Crippen molar-refractivity contribution in [2.75, 3.05) is 40.5 Å². The Kier molecular flexibility index (Phi) is 8.46. The zero-order valence-electron chi connectivity index (χ0n) is 12.9. The first-order valence-electron chi connectivity index (χ1n) is 7.23. The highest BCUT2D eigenvalue weighted by molar-refractivity contribution is 5.20. The highest BCUT2D eigenvalue weighted by atomic mass is 16.5. The molecule has 1 aromatic rings. The summed E-state index contributed by atoms with van der Waals surface area (Å²) in [6.45, 7) is 5.38. The van der Waals surface area contributed by atoms with Crippen LogP contribution in [0.1, 0.15) is 24.9 Å². The average molecular weight is 280 g/mol. The molecule has 0 aliphatic carbocycles. The van der Waals surface area contributed by atoms with Crippen LogP contribution in [0.15, 0.2) is 30.3 Å². The van der Waals surface area contributed by atoms with Gasteiger partial charge in [0.15, 0.2) is 0 Å². The molecule has 0 saturated carbocycles. The van der Waals surface area contributed by atoms with Gasteiger partial charge in [-0.1, -0.05) is 30.3 Å². The molecule has 1 aromatic carbocycles. The quantitative estimate of drug-likeness (QED) is 0.667. The van der Waals surface area contributed by atoms with Crippen LogP contribution in [0.25, 0.3) is 0 Å². The van der Waals surface area contributed by atoms with E-state index in [9.17, 15) is 0 Å². The molecule has 20 heavy (non-hydrogen) atoms. The Hall–Kier alpha value is -0.940. The van der Waals surface area contributed by atoms with Gasteiger partial charge in [-0.2, -0.15) is 0 Å². The second-order valence-corrected chi connectivity index (χ2v) is 5.09. The van der Waals surface area contributed by atoms with Gasteiger partial charge in [-0.25, -0.2) is 0 Å².